The Hall–Kier alpha value is -2.80. The van der Waals surface area contributed by atoms with Gasteiger partial charge < -0.3 is 9.47 Å². The Labute approximate surface area is 142 Å². The summed E-state index contributed by atoms with van der Waals surface area (Å²) in [6.45, 7) is 2.09. The summed E-state index contributed by atoms with van der Waals surface area (Å²) >= 11 is 0. The van der Waals surface area contributed by atoms with Gasteiger partial charge in [-0.3, -0.25) is 4.79 Å². The molecule has 2 atom stereocenters. The van der Waals surface area contributed by atoms with Gasteiger partial charge >= 0.3 is 5.97 Å². The highest BCUT2D eigenvalue weighted by molar-refractivity contribution is 5.79. The number of hydrogen-bond donors (Lipinski definition) is 0. The van der Waals surface area contributed by atoms with Crippen molar-refractivity contribution in [2.45, 2.75) is 25.2 Å². The quantitative estimate of drug-likeness (QED) is 0.722. The van der Waals surface area contributed by atoms with E-state index in [0.717, 1.165) is 16.9 Å². The van der Waals surface area contributed by atoms with Crippen LogP contribution in [0, 0.1) is 11.3 Å². The molecule has 0 aliphatic rings. The van der Waals surface area contributed by atoms with E-state index in [9.17, 15) is 10.1 Å². The highest BCUT2D eigenvalue weighted by Crippen LogP contribution is 2.37. The lowest BCUT2D eigenvalue weighted by molar-refractivity contribution is -0.145. The zero-order valence-corrected chi connectivity index (χ0v) is 13.9. The third-order valence-electron chi connectivity index (χ3n) is 3.96. The average Bonchev–Trinajstić information content (AvgIpc) is 2.62. The normalized spacial score (nSPS) is 12.7. The molecule has 24 heavy (non-hydrogen) atoms. The molecule has 124 valence electrons. The van der Waals surface area contributed by atoms with Crippen LogP contribution in [0.5, 0.6) is 5.75 Å². The summed E-state index contributed by atoms with van der Waals surface area (Å²) in [6, 6.07) is 19.2. The minimum absolute atomic E-state index is 0.227. The van der Waals surface area contributed by atoms with Gasteiger partial charge in [0.1, 0.15) is 5.75 Å². The van der Waals surface area contributed by atoms with Crippen LogP contribution in [0.1, 0.15) is 36.3 Å². The van der Waals surface area contributed by atoms with Crippen LogP contribution in [0.15, 0.2) is 54.6 Å². The fourth-order valence-corrected chi connectivity index (χ4v) is 2.80. The van der Waals surface area contributed by atoms with E-state index in [4.69, 9.17) is 9.47 Å². The number of nitrogens with zero attached hydrogens (tertiary/aromatic N) is 1. The SMILES string of the molecule is CCOC(=O)C(c1ccccc1)C(CC#N)c1ccc(OC)cc1. The fourth-order valence-electron chi connectivity index (χ4n) is 2.80. The van der Waals surface area contributed by atoms with Crippen molar-refractivity contribution >= 4 is 5.97 Å². The molecule has 2 unspecified atom stereocenters. The smallest absolute Gasteiger partial charge is 0.314 e. The summed E-state index contributed by atoms with van der Waals surface area (Å²) in [5.74, 6) is -0.358. The molecule has 0 aromatic heterocycles. The van der Waals surface area contributed by atoms with Crippen LogP contribution < -0.4 is 4.74 Å². The van der Waals surface area contributed by atoms with Crippen LogP contribution in [0.4, 0.5) is 0 Å². The Balaban J connectivity index is 2.45. The number of carbonyl (C=O) groups excluding carboxylic acids is 1. The second kappa shape index (κ2) is 8.73. The van der Waals surface area contributed by atoms with E-state index < -0.39 is 5.92 Å². The molecule has 0 bridgehead atoms. The van der Waals surface area contributed by atoms with E-state index in [1.54, 1.807) is 14.0 Å². The Kier molecular flexibility index (Phi) is 6.39. The van der Waals surface area contributed by atoms with Crippen LogP contribution in [-0.2, 0) is 9.53 Å². The lowest BCUT2D eigenvalue weighted by atomic mass is 9.79. The number of hydrogen-bond acceptors (Lipinski definition) is 4. The highest BCUT2D eigenvalue weighted by atomic mass is 16.5. The molecule has 4 heteroatoms. The van der Waals surface area contributed by atoms with Gasteiger partial charge in [-0.1, -0.05) is 42.5 Å². The molecule has 2 rings (SSSR count). The predicted molar refractivity (Wildman–Crippen MR) is 91.8 cm³/mol. The van der Waals surface area contributed by atoms with Crippen LogP contribution in [0.2, 0.25) is 0 Å². The Morgan fingerprint density at radius 2 is 1.75 bits per heavy atom. The molecule has 0 amide bonds. The van der Waals surface area contributed by atoms with E-state index in [2.05, 4.69) is 6.07 Å². The third kappa shape index (κ3) is 4.14. The largest absolute Gasteiger partial charge is 0.497 e. The lowest BCUT2D eigenvalue weighted by Gasteiger charge is -2.25. The zero-order chi connectivity index (χ0) is 17.4. The monoisotopic (exact) mass is 323 g/mol. The van der Waals surface area contributed by atoms with Crippen molar-refractivity contribution < 1.29 is 14.3 Å². The maximum absolute atomic E-state index is 12.6. The zero-order valence-electron chi connectivity index (χ0n) is 13.9. The number of carbonyl (C=O) groups is 1. The van der Waals surface area contributed by atoms with Crippen molar-refractivity contribution in [3.8, 4) is 11.8 Å². The van der Waals surface area contributed by atoms with Crippen molar-refractivity contribution in [3.63, 3.8) is 0 Å². The minimum Gasteiger partial charge on any atom is -0.497 e. The summed E-state index contributed by atoms with van der Waals surface area (Å²) < 4.78 is 10.5. The topological polar surface area (TPSA) is 59.3 Å². The van der Waals surface area contributed by atoms with Crippen LogP contribution in [0.3, 0.4) is 0 Å². The van der Waals surface area contributed by atoms with E-state index >= 15 is 0 Å². The number of ether oxygens (including phenoxy) is 2. The van der Waals surface area contributed by atoms with Crippen LogP contribution in [0.25, 0.3) is 0 Å². The van der Waals surface area contributed by atoms with Crippen molar-refractivity contribution in [1.29, 1.82) is 5.26 Å². The standard InChI is InChI=1S/C20H21NO3/c1-3-24-20(22)19(16-7-5-4-6-8-16)18(13-14-21)15-9-11-17(23-2)12-10-15/h4-12,18-19H,3,13H2,1-2H3. The maximum atomic E-state index is 12.6. The summed E-state index contributed by atoms with van der Waals surface area (Å²) in [6.07, 6.45) is 0.227. The molecule has 0 heterocycles. The molecular weight excluding hydrogens is 302 g/mol. The summed E-state index contributed by atoms with van der Waals surface area (Å²) in [5, 5.41) is 9.28. The highest BCUT2D eigenvalue weighted by Gasteiger charge is 2.32. The fraction of sp³-hybridized carbons (Fsp3) is 0.300. The summed E-state index contributed by atoms with van der Waals surface area (Å²) in [7, 11) is 1.60. The molecule has 0 spiro atoms. The molecule has 0 radical (unpaired) electrons. The second-order valence-electron chi connectivity index (χ2n) is 5.38. The van der Waals surface area contributed by atoms with Gasteiger partial charge in [0.2, 0.25) is 0 Å². The number of methoxy groups -OCH3 is 1. The van der Waals surface area contributed by atoms with E-state index in [0.29, 0.717) is 6.61 Å². The van der Waals surface area contributed by atoms with Gasteiger partial charge in [-0.15, -0.1) is 0 Å². The van der Waals surface area contributed by atoms with Gasteiger partial charge in [0.25, 0.3) is 0 Å². The Morgan fingerprint density at radius 1 is 1.08 bits per heavy atom. The van der Waals surface area contributed by atoms with Gasteiger partial charge in [-0.05, 0) is 30.2 Å². The molecule has 2 aromatic carbocycles. The maximum Gasteiger partial charge on any atom is 0.314 e. The van der Waals surface area contributed by atoms with Gasteiger partial charge in [-0.2, -0.15) is 5.26 Å². The van der Waals surface area contributed by atoms with Gasteiger partial charge in [-0.25, -0.2) is 0 Å². The van der Waals surface area contributed by atoms with Crippen molar-refractivity contribution in [2.75, 3.05) is 13.7 Å². The van der Waals surface area contributed by atoms with Crippen molar-refractivity contribution in [2.24, 2.45) is 0 Å². The second-order valence-corrected chi connectivity index (χ2v) is 5.38. The molecule has 2 aromatic rings. The summed E-state index contributed by atoms with van der Waals surface area (Å²) in [4.78, 5) is 12.6. The first kappa shape index (κ1) is 17.6. The molecule has 0 fully saturated rings. The minimum atomic E-state index is -0.515. The molecular formula is C20H21NO3. The molecule has 0 aliphatic heterocycles. The molecule has 0 saturated heterocycles. The van der Waals surface area contributed by atoms with Crippen LogP contribution in [-0.4, -0.2) is 19.7 Å². The van der Waals surface area contributed by atoms with Crippen molar-refractivity contribution in [1.82, 2.24) is 0 Å². The van der Waals surface area contributed by atoms with Gasteiger partial charge in [0, 0.05) is 12.3 Å². The van der Waals surface area contributed by atoms with Gasteiger partial charge in [0.05, 0.1) is 25.7 Å². The van der Waals surface area contributed by atoms with E-state index in [-0.39, 0.29) is 18.3 Å². The lowest BCUT2D eigenvalue weighted by Crippen LogP contribution is -2.23. The van der Waals surface area contributed by atoms with Crippen LogP contribution >= 0.6 is 0 Å². The van der Waals surface area contributed by atoms with Gasteiger partial charge in [0.15, 0.2) is 0 Å². The number of esters is 1. The van der Waals surface area contributed by atoms with Crippen molar-refractivity contribution in [3.05, 3.63) is 65.7 Å². The first-order chi connectivity index (χ1) is 11.7. The summed E-state index contributed by atoms with van der Waals surface area (Å²) in [5.41, 5.74) is 1.77. The first-order valence-corrected chi connectivity index (χ1v) is 7.93. The van der Waals surface area contributed by atoms with E-state index in [1.165, 1.54) is 0 Å². The molecule has 0 aliphatic carbocycles. The number of rotatable bonds is 7. The predicted octanol–water partition coefficient (Wildman–Crippen LogP) is 4.04. The Bertz CT molecular complexity index is 689. The molecule has 0 N–H and O–H groups in total. The third-order valence-corrected chi connectivity index (χ3v) is 3.96. The number of benzene rings is 2. The average molecular weight is 323 g/mol. The first-order valence-electron chi connectivity index (χ1n) is 7.93. The van der Waals surface area contributed by atoms with E-state index in [1.807, 2.05) is 54.6 Å². The Morgan fingerprint density at radius 3 is 2.29 bits per heavy atom. The molecule has 4 nitrogen and oxygen atoms in total. The number of nitriles is 1. The molecule has 0 saturated carbocycles.